The highest BCUT2D eigenvalue weighted by Crippen LogP contribution is 2.12. The maximum Gasteiger partial charge on any atom is 0.348 e. The van der Waals surface area contributed by atoms with E-state index < -0.39 is 17.6 Å². The van der Waals surface area contributed by atoms with Crippen LogP contribution in [-0.4, -0.2) is 22.8 Å². The van der Waals surface area contributed by atoms with Gasteiger partial charge in [0.25, 0.3) is 0 Å². The van der Waals surface area contributed by atoms with Gasteiger partial charge in [-0.2, -0.15) is 0 Å². The van der Waals surface area contributed by atoms with Crippen LogP contribution >= 0.6 is 23.2 Å². The number of carboxylic acid groups (broad SMARTS) is 1. The highest BCUT2D eigenvalue weighted by Gasteiger charge is 2.07. The van der Waals surface area contributed by atoms with Crippen molar-refractivity contribution in [3.8, 4) is 0 Å². The molecule has 0 aromatic carbocycles. The third-order valence-electron chi connectivity index (χ3n) is 0.565. The molecule has 0 bridgehead atoms. The van der Waals surface area contributed by atoms with Gasteiger partial charge in [0.05, 0.1) is 11.6 Å². The number of aliphatic hydroxyl groups is 1. The van der Waals surface area contributed by atoms with E-state index in [2.05, 4.69) is 0 Å². The van der Waals surface area contributed by atoms with Gasteiger partial charge in [0.1, 0.15) is 5.03 Å². The number of halogens is 2. The van der Waals surface area contributed by atoms with Gasteiger partial charge in [-0.15, -0.1) is 0 Å². The minimum absolute atomic E-state index is 0.260. The summed E-state index contributed by atoms with van der Waals surface area (Å²) in [5.74, 6) is -1.34. The fourth-order valence-electron chi connectivity index (χ4n) is 0.185. The van der Waals surface area contributed by atoms with Gasteiger partial charge in [-0.1, -0.05) is 23.2 Å². The van der Waals surface area contributed by atoms with Crippen LogP contribution in [0.3, 0.4) is 0 Å². The Kier molecular flexibility index (Phi) is 3.61. The number of carboxylic acids is 1. The van der Waals surface area contributed by atoms with E-state index in [1.807, 2.05) is 0 Å². The largest absolute Gasteiger partial charge is 0.477 e. The molecule has 2 N–H and O–H groups in total. The first-order chi connectivity index (χ1) is 4.09. The zero-order chi connectivity index (χ0) is 7.44. The Bertz CT molecular complexity index is 152. The summed E-state index contributed by atoms with van der Waals surface area (Å²) in [5, 5.41) is 15.5. The quantitative estimate of drug-likeness (QED) is 0.602. The van der Waals surface area contributed by atoms with Gasteiger partial charge >= 0.3 is 5.97 Å². The summed E-state index contributed by atoms with van der Waals surface area (Å²) in [7, 11) is 0. The third kappa shape index (κ3) is 2.70. The Hall–Kier alpha value is -0.250. The fourth-order valence-corrected chi connectivity index (χ4v) is 0.326. The molecular weight excluding hydrogens is 167 g/mol. The van der Waals surface area contributed by atoms with Crippen LogP contribution in [0.5, 0.6) is 0 Å². The number of rotatable bonds is 2. The lowest BCUT2D eigenvalue weighted by molar-refractivity contribution is -0.131. The molecule has 52 valence electrons. The van der Waals surface area contributed by atoms with E-state index in [4.69, 9.17) is 33.4 Å². The molecule has 0 aliphatic carbocycles. The van der Waals surface area contributed by atoms with Crippen molar-refractivity contribution in [2.75, 3.05) is 6.61 Å². The second-order valence-electron chi connectivity index (χ2n) is 1.18. The number of carbonyl (C=O) groups is 1. The summed E-state index contributed by atoms with van der Waals surface area (Å²) in [6.07, 6.45) is 0. The maximum absolute atomic E-state index is 9.91. The predicted molar refractivity (Wildman–Crippen MR) is 33.5 cm³/mol. The first kappa shape index (κ1) is 8.75. The first-order valence-corrected chi connectivity index (χ1v) is 2.73. The van der Waals surface area contributed by atoms with Crippen LogP contribution in [0.15, 0.2) is 10.1 Å². The Morgan fingerprint density at radius 1 is 1.44 bits per heavy atom. The summed E-state index contributed by atoms with van der Waals surface area (Å²) < 4.78 is 0. The van der Waals surface area contributed by atoms with Crippen LogP contribution < -0.4 is 0 Å². The van der Waals surface area contributed by atoms with Crippen molar-refractivity contribution in [2.24, 2.45) is 0 Å². The molecule has 0 aromatic heterocycles. The van der Waals surface area contributed by atoms with Crippen molar-refractivity contribution in [3.05, 3.63) is 10.1 Å². The topological polar surface area (TPSA) is 57.5 Å². The summed E-state index contributed by atoms with van der Waals surface area (Å²) >= 11 is 10.2. The minimum Gasteiger partial charge on any atom is -0.477 e. The molecule has 5 heteroatoms. The molecule has 0 aliphatic heterocycles. The summed E-state index contributed by atoms with van der Waals surface area (Å²) in [4.78, 5) is 9.91. The molecule has 0 heterocycles. The lowest BCUT2D eigenvalue weighted by Crippen LogP contribution is -1.97. The smallest absolute Gasteiger partial charge is 0.348 e. The second-order valence-corrected chi connectivity index (χ2v) is 2.02. The van der Waals surface area contributed by atoms with Crippen molar-refractivity contribution < 1.29 is 15.0 Å². The van der Waals surface area contributed by atoms with E-state index in [0.717, 1.165) is 0 Å². The predicted octanol–water partition coefficient (Wildman–Crippen LogP) is 0.752. The van der Waals surface area contributed by atoms with Gasteiger partial charge in [0.15, 0.2) is 0 Å². The zero-order valence-corrected chi connectivity index (χ0v) is 5.78. The van der Waals surface area contributed by atoms with Gasteiger partial charge < -0.3 is 10.2 Å². The van der Waals surface area contributed by atoms with Crippen LogP contribution in [-0.2, 0) is 4.79 Å². The minimum atomic E-state index is -1.34. The van der Waals surface area contributed by atoms with Crippen LogP contribution in [0.25, 0.3) is 0 Å². The third-order valence-corrected chi connectivity index (χ3v) is 1.36. The zero-order valence-electron chi connectivity index (χ0n) is 4.27. The van der Waals surface area contributed by atoms with Crippen LogP contribution in [0.2, 0.25) is 0 Å². The van der Waals surface area contributed by atoms with E-state index in [1.165, 1.54) is 0 Å². The number of hydrogen-bond donors (Lipinski definition) is 2. The average Bonchev–Trinajstić information content (AvgIpc) is 1.84. The van der Waals surface area contributed by atoms with Crippen molar-refractivity contribution in [1.29, 1.82) is 0 Å². The van der Waals surface area contributed by atoms with Crippen molar-refractivity contribution in [2.45, 2.75) is 0 Å². The molecule has 0 fully saturated rings. The van der Waals surface area contributed by atoms with Crippen LogP contribution in [0, 0.1) is 0 Å². The SMILES string of the molecule is O=C(O)C(Cl)=C(Cl)CO. The van der Waals surface area contributed by atoms with Gasteiger partial charge in [-0.25, -0.2) is 4.79 Å². The Morgan fingerprint density at radius 2 is 1.89 bits per heavy atom. The number of aliphatic hydroxyl groups excluding tert-OH is 1. The van der Waals surface area contributed by atoms with E-state index in [0.29, 0.717) is 0 Å². The molecule has 0 atom stereocenters. The molecular formula is C4H4Cl2O3. The average molecular weight is 171 g/mol. The van der Waals surface area contributed by atoms with Gasteiger partial charge in [-0.05, 0) is 0 Å². The summed E-state index contributed by atoms with van der Waals surface area (Å²) in [6, 6.07) is 0. The molecule has 0 amide bonds. The normalized spacial score (nSPS) is 12.8. The molecule has 0 radical (unpaired) electrons. The molecule has 3 nitrogen and oxygen atoms in total. The summed E-state index contributed by atoms with van der Waals surface area (Å²) in [6.45, 7) is -0.549. The maximum atomic E-state index is 9.91. The molecule has 0 aromatic rings. The van der Waals surface area contributed by atoms with E-state index in [9.17, 15) is 4.79 Å². The van der Waals surface area contributed by atoms with Gasteiger partial charge in [0, 0.05) is 0 Å². The number of aliphatic carboxylic acids is 1. The molecule has 0 saturated carbocycles. The van der Waals surface area contributed by atoms with Crippen molar-refractivity contribution in [3.63, 3.8) is 0 Å². The molecule has 9 heavy (non-hydrogen) atoms. The Labute approximate surface area is 61.5 Å². The number of hydrogen-bond acceptors (Lipinski definition) is 2. The fraction of sp³-hybridized carbons (Fsp3) is 0.250. The highest BCUT2D eigenvalue weighted by atomic mass is 35.5. The molecule has 0 spiro atoms. The molecule has 0 saturated heterocycles. The van der Waals surface area contributed by atoms with Gasteiger partial charge in [0.2, 0.25) is 0 Å². The van der Waals surface area contributed by atoms with E-state index in [-0.39, 0.29) is 5.03 Å². The van der Waals surface area contributed by atoms with Gasteiger partial charge in [-0.3, -0.25) is 0 Å². The Morgan fingerprint density at radius 3 is 2.00 bits per heavy atom. The van der Waals surface area contributed by atoms with Crippen molar-refractivity contribution in [1.82, 2.24) is 0 Å². The molecule has 0 rings (SSSR count). The Balaban J connectivity index is 4.28. The van der Waals surface area contributed by atoms with Crippen LogP contribution in [0.1, 0.15) is 0 Å². The first-order valence-electron chi connectivity index (χ1n) is 1.98. The van der Waals surface area contributed by atoms with E-state index >= 15 is 0 Å². The van der Waals surface area contributed by atoms with Crippen molar-refractivity contribution >= 4 is 29.2 Å². The molecule has 0 aliphatic rings. The molecule has 0 unspecified atom stereocenters. The lowest BCUT2D eigenvalue weighted by Gasteiger charge is -1.91. The lowest BCUT2D eigenvalue weighted by atomic mass is 10.5. The van der Waals surface area contributed by atoms with Crippen LogP contribution in [0.4, 0.5) is 0 Å². The second kappa shape index (κ2) is 3.71. The van der Waals surface area contributed by atoms with E-state index in [1.54, 1.807) is 0 Å². The standard InChI is InChI=1S/C4H4Cl2O3/c5-2(1-7)3(6)4(8)9/h7H,1H2,(H,8,9). The highest BCUT2D eigenvalue weighted by molar-refractivity contribution is 6.47. The summed E-state index contributed by atoms with van der Waals surface area (Å²) in [5.41, 5.74) is 0. The monoisotopic (exact) mass is 170 g/mol.